The summed E-state index contributed by atoms with van der Waals surface area (Å²) in [5.41, 5.74) is 0.138. The molecule has 19 heavy (non-hydrogen) atoms. The Labute approximate surface area is 106 Å². The molecule has 0 unspecified atom stereocenters. The molecule has 0 atom stereocenters. The van der Waals surface area contributed by atoms with Gasteiger partial charge in [-0.25, -0.2) is 0 Å². The highest BCUT2D eigenvalue weighted by atomic mass is 19.4. The Kier molecular flexibility index (Phi) is 4.87. The number of aliphatic hydroxyl groups is 1. The van der Waals surface area contributed by atoms with Crippen LogP contribution in [0.1, 0.15) is 10.4 Å². The molecule has 3 N–H and O–H groups in total. The lowest BCUT2D eigenvalue weighted by atomic mass is 10.2. The van der Waals surface area contributed by atoms with Crippen molar-refractivity contribution in [1.82, 2.24) is 5.32 Å². The van der Waals surface area contributed by atoms with E-state index in [-0.39, 0.29) is 24.4 Å². The van der Waals surface area contributed by atoms with Gasteiger partial charge in [-0.2, -0.15) is 13.2 Å². The maximum atomic E-state index is 12.0. The van der Waals surface area contributed by atoms with E-state index in [2.05, 4.69) is 5.32 Å². The van der Waals surface area contributed by atoms with Gasteiger partial charge < -0.3 is 15.7 Å². The molecule has 0 aliphatic carbocycles. The number of amides is 2. The first-order chi connectivity index (χ1) is 8.84. The smallest absolute Gasteiger partial charge is 0.395 e. The molecular formula is C11H11F3N2O3. The number of hydrogen-bond donors (Lipinski definition) is 3. The summed E-state index contributed by atoms with van der Waals surface area (Å²) < 4.78 is 35.9. The summed E-state index contributed by atoms with van der Waals surface area (Å²) in [7, 11) is 0. The minimum atomic E-state index is -4.96. The van der Waals surface area contributed by atoms with Crippen LogP contribution >= 0.6 is 0 Å². The van der Waals surface area contributed by atoms with E-state index in [1.165, 1.54) is 24.3 Å². The highest BCUT2D eigenvalue weighted by Gasteiger charge is 2.38. The molecule has 1 rings (SSSR count). The molecule has 5 nitrogen and oxygen atoms in total. The molecule has 0 saturated heterocycles. The topological polar surface area (TPSA) is 78.4 Å². The third-order valence-electron chi connectivity index (χ3n) is 2.06. The van der Waals surface area contributed by atoms with Crippen LogP contribution in [-0.4, -0.2) is 36.2 Å². The van der Waals surface area contributed by atoms with Crippen molar-refractivity contribution < 1.29 is 27.9 Å². The summed E-state index contributed by atoms with van der Waals surface area (Å²) in [5, 5.41) is 12.5. The van der Waals surface area contributed by atoms with Crippen molar-refractivity contribution in [2.75, 3.05) is 18.5 Å². The Morgan fingerprint density at radius 3 is 2.21 bits per heavy atom. The Morgan fingerprint density at radius 2 is 1.74 bits per heavy atom. The number of nitrogens with one attached hydrogen (secondary N) is 2. The van der Waals surface area contributed by atoms with Crippen molar-refractivity contribution in [3.63, 3.8) is 0 Å². The zero-order valence-electron chi connectivity index (χ0n) is 9.62. The number of alkyl halides is 3. The van der Waals surface area contributed by atoms with E-state index >= 15 is 0 Å². The first kappa shape index (κ1) is 15.0. The molecular weight excluding hydrogens is 265 g/mol. The molecule has 0 fully saturated rings. The molecule has 1 aromatic carbocycles. The van der Waals surface area contributed by atoms with Gasteiger partial charge in [0.05, 0.1) is 6.61 Å². The molecule has 0 aromatic heterocycles. The molecule has 0 aliphatic rings. The zero-order chi connectivity index (χ0) is 14.5. The summed E-state index contributed by atoms with van der Waals surface area (Å²) in [5.74, 6) is -2.55. The average Bonchev–Trinajstić information content (AvgIpc) is 2.35. The number of aliphatic hydroxyl groups excluding tert-OH is 1. The van der Waals surface area contributed by atoms with Gasteiger partial charge >= 0.3 is 12.1 Å². The van der Waals surface area contributed by atoms with Crippen molar-refractivity contribution in [3.05, 3.63) is 29.8 Å². The summed E-state index contributed by atoms with van der Waals surface area (Å²) in [6.07, 6.45) is -4.96. The molecule has 0 bridgehead atoms. The van der Waals surface area contributed by atoms with Crippen molar-refractivity contribution in [2.45, 2.75) is 6.18 Å². The second-order valence-corrected chi connectivity index (χ2v) is 3.51. The number of rotatable bonds is 4. The Bertz CT molecular complexity index is 457. The van der Waals surface area contributed by atoms with E-state index in [4.69, 9.17) is 5.11 Å². The second-order valence-electron chi connectivity index (χ2n) is 3.51. The van der Waals surface area contributed by atoms with Gasteiger partial charge in [0.1, 0.15) is 0 Å². The van der Waals surface area contributed by atoms with Gasteiger partial charge in [0, 0.05) is 17.8 Å². The number of anilines is 1. The predicted molar refractivity (Wildman–Crippen MR) is 60.5 cm³/mol. The van der Waals surface area contributed by atoms with Crippen molar-refractivity contribution >= 4 is 17.5 Å². The van der Waals surface area contributed by atoms with Gasteiger partial charge in [-0.05, 0) is 24.3 Å². The molecule has 0 saturated carbocycles. The monoisotopic (exact) mass is 276 g/mol. The SMILES string of the molecule is O=C(NCCO)c1ccc(NC(=O)C(F)(F)F)cc1. The lowest BCUT2D eigenvalue weighted by Crippen LogP contribution is -2.30. The zero-order valence-corrected chi connectivity index (χ0v) is 9.62. The number of benzene rings is 1. The van der Waals surface area contributed by atoms with Crippen LogP contribution in [0, 0.1) is 0 Å². The van der Waals surface area contributed by atoms with Crippen molar-refractivity contribution in [1.29, 1.82) is 0 Å². The van der Waals surface area contributed by atoms with E-state index < -0.39 is 18.0 Å². The largest absolute Gasteiger partial charge is 0.471 e. The highest BCUT2D eigenvalue weighted by Crippen LogP contribution is 2.18. The Morgan fingerprint density at radius 1 is 1.16 bits per heavy atom. The van der Waals surface area contributed by atoms with E-state index in [0.29, 0.717) is 0 Å². The number of carbonyl (C=O) groups is 2. The lowest BCUT2D eigenvalue weighted by Gasteiger charge is -2.08. The van der Waals surface area contributed by atoms with Gasteiger partial charge in [-0.1, -0.05) is 0 Å². The predicted octanol–water partition coefficient (Wildman–Crippen LogP) is 0.909. The van der Waals surface area contributed by atoms with Gasteiger partial charge in [0.2, 0.25) is 0 Å². The van der Waals surface area contributed by atoms with Crippen LogP contribution in [0.4, 0.5) is 18.9 Å². The van der Waals surface area contributed by atoms with E-state index in [1.807, 2.05) is 0 Å². The molecule has 0 radical (unpaired) electrons. The van der Waals surface area contributed by atoms with Gasteiger partial charge in [-0.15, -0.1) is 0 Å². The van der Waals surface area contributed by atoms with Crippen LogP contribution < -0.4 is 10.6 Å². The summed E-state index contributed by atoms with van der Waals surface area (Å²) >= 11 is 0. The summed E-state index contributed by atoms with van der Waals surface area (Å²) in [6.45, 7) is -0.142. The molecule has 8 heteroatoms. The molecule has 0 aliphatic heterocycles. The maximum Gasteiger partial charge on any atom is 0.471 e. The molecule has 104 valence electrons. The summed E-state index contributed by atoms with van der Waals surface area (Å²) in [6, 6.07) is 4.88. The Hall–Kier alpha value is -2.09. The first-order valence-corrected chi connectivity index (χ1v) is 5.22. The number of hydrogen-bond acceptors (Lipinski definition) is 3. The van der Waals surface area contributed by atoms with E-state index in [0.717, 1.165) is 0 Å². The first-order valence-electron chi connectivity index (χ1n) is 5.22. The quantitative estimate of drug-likeness (QED) is 0.765. The fourth-order valence-electron chi connectivity index (χ4n) is 1.18. The van der Waals surface area contributed by atoms with Crippen LogP contribution in [0.5, 0.6) is 0 Å². The molecule has 0 heterocycles. The van der Waals surface area contributed by atoms with Gasteiger partial charge in [0.15, 0.2) is 0 Å². The average molecular weight is 276 g/mol. The number of halogens is 3. The number of carbonyl (C=O) groups excluding carboxylic acids is 2. The third kappa shape index (κ3) is 4.59. The summed E-state index contributed by atoms with van der Waals surface area (Å²) in [4.78, 5) is 22.1. The molecule has 1 aromatic rings. The van der Waals surface area contributed by atoms with Crippen LogP contribution in [0.25, 0.3) is 0 Å². The highest BCUT2D eigenvalue weighted by molar-refractivity contribution is 5.97. The van der Waals surface area contributed by atoms with Crippen LogP contribution in [0.3, 0.4) is 0 Å². The fraction of sp³-hybridized carbons (Fsp3) is 0.273. The van der Waals surface area contributed by atoms with E-state index in [9.17, 15) is 22.8 Å². The van der Waals surface area contributed by atoms with Crippen LogP contribution in [0.2, 0.25) is 0 Å². The normalized spacial score (nSPS) is 10.9. The lowest BCUT2D eigenvalue weighted by molar-refractivity contribution is -0.167. The molecule has 0 spiro atoms. The third-order valence-corrected chi connectivity index (χ3v) is 2.06. The van der Waals surface area contributed by atoms with Gasteiger partial charge in [-0.3, -0.25) is 9.59 Å². The minimum absolute atomic E-state index is 0.0685. The molecule has 2 amide bonds. The van der Waals surface area contributed by atoms with Gasteiger partial charge in [0.25, 0.3) is 5.91 Å². The van der Waals surface area contributed by atoms with Crippen molar-refractivity contribution in [3.8, 4) is 0 Å². The fourth-order valence-corrected chi connectivity index (χ4v) is 1.18. The second kappa shape index (κ2) is 6.19. The van der Waals surface area contributed by atoms with Crippen LogP contribution in [0.15, 0.2) is 24.3 Å². The standard InChI is InChI=1S/C11H11F3N2O3/c12-11(13,14)10(19)16-8-3-1-7(2-4-8)9(18)15-5-6-17/h1-4,17H,5-6H2,(H,15,18)(H,16,19). The Balaban J connectivity index is 2.67. The maximum absolute atomic E-state index is 12.0. The van der Waals surface area contributed by atoms with Crippen molar-refractivity contribution in [2.24, 2.45) is 0 Å². The van der Waals surface area contributed by atoms with E-state index in [1.54, 1.807) is 5.32 Å². The van der Waals surface area contributed by atoms with Crippen LogP contribution in [-0.2, 0) is 4.79 Å². The minimum Gasteiger partial charge on any atom is -0.395 e.